The van der Waals surface area contributed by atoms with E-state index >= 15 is 0 Å². The van der Waals surface area contributed by atoms with Crippen molar-refractivity contribution in [1.29, 1.82) is 0 Å². The summed E-state index contributed by atoms with van der Waals surface area (Å²) < 4.78 is 0. The molecule has 0 radical (unpaired) electrons. The number of halogens is 2. The Morgan fingerprint density at radius 2 is 1.17 bits per heavy atom. The predicted octanol–water partition coefficient (Wildman–Crippen LogP) is -2.89. The fourth-order valence-electron chi connectivity index (χ4n) is 0. The Bertz CT molecular complexity index is 114. The SMILES string of the molecule is C=CC(=C)C.C=CC=C.[Cl-].[Cl-].[Pd+2]. The Hall–Kier alpha value is 0.202. The van der Waals surface area contributed by atoms with E-state index in [1.54, 1.807) is 18.2 Å². The molecule has 0 aromatic carbocycles. The molecular formula is C9H14Cl2Pd. The van der Waals surface area contributed by atoms with Crippen molar-refractivity contribution in [1.82, 2.24) is 0 Å². The second-order valence-corrected chi connectivity index (χ2v) is 1.52. The average molecular weight is 300 g/mol. The van der Waals surface area contributed by atoms with Crippen LogP contribution in [0.15, 0.2) is 50.1 Å². The summed E-state index contributed by atoms with van der Waals surface area (Å²) in [5.41, 5.74) is 1.02. The molecular weight excluding hydrogens is 285 g/mol. The first-order valence-corrected chi connectivity index (χ1v) is 2.70. The Morgan fingerprint density at radius 1 is 1.00 bits per heavy atom. The minimum atomic E-state index is 0. The van der Waals surface area contributed by atoms with Crippen LogP contribution in [0.3, 0.4) is 0 Å². The molecule has 0 amide bonds. The van der Waals surface area contributed by atoms with Crippen molar-refractivity contribution in [3.8, 4) is 0 Å². The maximum atomic E-state index is 3.56. The monoisotopic (exact) mass is 298 g/mol. The minimum Gasteiger partial charge on any atom is -1.00 e. The zero-order chi connectivity index (χ0) is 7.70. The average Bonchev–Trinajstić information content (AvgIpc) is 1.89. The molecule has 0 spiro atoms. The van der Waals surface area contributed by atoms with Crippen molar-refractivity contribution in [3.63, 3.8) is 0 Å². The molecule has 0 aliphatic heterocycles. The zero-order valence-corrected chi connectivity index (χ0v) is 10.2. The van der Waals surface area contributed by atoms with Gasteiger partial charge in [-0.2, -0.15) is 0 Å². The van der Waals surface area contributed by atoms with Crippen molar-refractivity contribution in [2.24, 2.45) is 0 Å². The van der Waals surface area contributed by atoms with Gasteiger partial charge >= 0.3 is 20.4 Å². The van der Waals surface area contributed by atoms with Crippen LogP contribution in [-0.2, 0) is 20.4 Å². The van der Waals surface area contributed by atoms with Crippen LogP contribution < -0.4 is 24.8 Å². The summed E-state index contributed by atoms with van der Waals surface area (Å²) in [7, 11) is 0. The van der Waals surface area contributed by atoms with E-state index in [0.29, 0.717) is 0 Å². The molecule has 0 fully saturated rings. The maximum absolute atomic E-state index is 3.56. The van der Waals surface area contributed by atoms with Crippen molar-refractivity contribution in [2.75, 3.05) is 0 Å². The molecule has 0 aromatic rings. The maximum Gasteiger partial charge on any atom is 2.00 e. The molecule has 74 valence electrons. The molecule has 0 aliphatic carbocycles. The van der Waals surface area contributed by atoms with Crippen molar-refractivity contribution in [3.05, 3.63) is 50.1 Å². The van der Waals surface area contributed by atoms with Gasteiger partial charge in [0.05, 0.1) is 0 Å². The van der Waals surface area contributed by atoms with Gasteiger partial charge in [0.1, 0.15) is 0 Å². The minimum absolute atomic E-state index is 0. The molecule has 0 saturated carbocycles. The molecule has 0 N–H and O–H groups in total. The Labute approximate surface area is 102 Å². The van der Waals surface area contributed by atoms with Gasteiger partial charge in [-0.1, -0.05) is 50.1 Å². The van der Waals surface area contributed by atoms with Gasteiger partial charge in [-0.05, 0) is 6.92 Å². The van der Waals surface area contributed by atoms with E-state index < -0.39 is 0 Å². The van der Waals surface area contributed by atoms with Crippen LogP contribution in [0.5, 0.6) is 0 Å². The molecule has 0 aromatic heterocycles. The van der Waals surface area contributed by atoms with E-state index in [2.05, 4.69) is 26.3 Å². The van der Waals surface area contributed by atoms with Gasteiger partial charge in [0, 0.05) is 0 Å². The van der Waals surface area contributed by atoms with E-state index in [0.717, 1.165) is 5.57 Å². The summed E-state index contributed by atoms with van der Waals surface area (Å²) in [6, 6.07) is 0. The van der Waals surface area contributed by atoms with Gasteiger partial charge in [0.15, 0.2) is 0 Å². The van der Waals surface area contributed by atoms with E-state index in [-0.39, 0.29) is 45.2 Å². The van der Waals surface area contributed by atoms with Gasteiger partial charge < -0.3 is 24.8 Å². The fraction of sp³-hybridized carbons (Fsp3) is 0.111. The van der Waals surface area contributed by atoms with Crippen LogP contribution >= 0.6 is 0 Å². The normalized spacial score (nSPS) is 4.42. The fourth-order valence-corrected chi connectivity index (χ4v) is 0. The third kappa shape index (κ3) is 84.2. The van der Waals surface area contributed by atoms with Crippen molar-refractivity contribution < 1.29 is 45.2 Å². The van der Waals surface area contributed by atoms with Crippen LogP contribution in [0.1, 0.15) is 6.92 Å². The van der Waals surface area contributed by atoms with Crippen LogP contribution in [0, 0.1) is 0 Å². The van der Waals surface area contributed by atoms with Gasteiger partial charge in [-0.25, -0.2) is 0 Å². The van der Waals surface area contributed by atoms with Gasteiger partial charge in [0.25, 0.3) is 0 Å². The second-order valence-electron chi connectivity index (χ2n) is 1.52. The van der Waals surface area contributed by atoms with Crippen molar-refractivity contribution >= 4 is 0 Å². The number of allylic oxidation sites excluding steroid dienone is 4. The summed E-state index contributed by atoms with van der Waals surface area (Å²) in [4.78, 5) is 0. The molecule has 0 aliphatic rings. The molecule has 0 heterocycles. The molecule has 12 heavy (non-hydrogen) atoms. The van der Waals surface area contributed by atoms with Gasteiger partial charge in [-0.15, -0.1) is 0 Å². The molecule has 0 bridgehead atoms. The summed E-state index contributed by atoms with van der Waals surface area (Å²) in [5, 5.41) is 0. The number of hydrogen-bond acceptors (Lipinski definition) is 0. The van der Waals surface area contributed by atoms with E-state index in [4.69, 9.17) is 0 Å². The zero-order valence-electron chi connectivity index (χ0n) is 7.13. The summed E-state index contributed by atoms with van der Waals surface area (Å²) in [5.74, 6) is 0. The first-order chi connectivity index (χ1) is 4.18. The predicted molar refractivity (Wildman–Crippen MR) is 45.4 cm³/mol. The topological polar surface area (TPSA) is 0 Å². The number of hydrogen-bond donors (Lipinski definition) is 0. The van der Waals surface area contributed by atoms with Gasteiger partial charge in [0.2, 0.25) is 0 Å². The molecule has 0 atom stereocenters. The third-order valence-electron chi connectivity index (χ3n) is 0.515. The van der Waals surface area contributed by atoms with E-state index in [1.807, 2.05) is 6.92 Å². The first kappa shape index (κ1) is 29.5. The first-order valence-electron chi connectivity index (χ1n) is 2.70. The van der Waals surface area contributed by atoms with Crippen LogP contribution in [0.2, 0.25) is 0 Å². The standard InChI is InChI=1S/C5H8.C4H6.2ClH.Pd/c1-4-5(2)3;1-3-4-2;;;/h4H,1-2H2,3H3;3-4H,1-2H2;2*1H;/q;;;;+2/p-2. The Kier molecular flexibility index (Phi) is 74.6. The second kappa shape index (κ2) is 30.3. The van der Waals surface area contributed by atoms with Crippen LogP contribution in [0.4, 0.5) is 0 Å². The Morgan fingerprint density at radius 3 is 1.17 bits per heavy atom. The summed E-state index contributed by atoms with van der Waals surface area (Å²) >= 11 is 0. The summed E-state index contributed by atoms with van der Waals surface area (Å²) in [6.07, 6.45) is 5.00. The molecule has 0 rings (SSSR count). The van der Waals surface area contributed by atoms with Crippen molar-refractivity contribution in [2.45, 2.75) is 6.92 Å². The van der Waals surface area contributed by atoms with E-state index in [1.165, 1.54) is 0 Å². The largest absolute Gasteiger partial charge is 2.00 e. The smallest absolute Gasteiger partial charge is 1.00 e. The van der Waals surface area contributed by atoms with E-state index in [9.17, 15) is 0 Å². The summed E-state index contributed by atoms with van der Waals surface area (Å²) in [6.45, 7) is 15.6. The Balaban J connectivity index is -0.0000000221. The number of rotatable bonds is 2. The quantitative estimate of drug-likeness (QED) is 0.379. The van der Waals surface area contributed by atoms with Crippen LogP contribution in [-0.4, -0.2) is 0 Å². The molecule has 0 unspecified atom stereocenters. The molecule has 0 nitrogen and oxygen atoms in total. The molecule has 3 heteroatoms. The third-order valence-corrected chi connectivity index (χ3v) is 0.515. The van der Waals surface area contributed by atoms with Crippen LogP contribution in [0.25, 0.3) is 0 Å². The van der Waals surface area contributed by atoms with Gasteiger partial charge in [-0.3, -0.25) is 0 Å². The molecule has 0 saturated heterocycles.